The molecule has 0 saturated heterocycles. The van der Waals surface area contributed by atoms with Crippen molar-refractivity contribution < 1.29 is 9.53 Å². The first-order valence-corrected chi connectivity index (χ1v) is 7.80. The highest BCUT2D eigenvalue weighted by Crippen LogP contribution is 2.23. The van der Waals surface area contributed by atoms with Gasteiger partial charge in [-0.2, -0.15) is 0 Å². The molecule has 0 unspecified atom stereocenters. The van der Waals surface area contributed by atoms with E-state index in [0.29, 0.717) is 32.9 Å². The van der Waals surface area contributed by atoms with Crippen molar-refractivity contribution in [2.75, 3.05) is 5.32 Å². The van der Waals surface area contributed by atoms with Crippen LogP contribution in [0.5, 0.6) is 5.75 Å². The molecule has 0 saturated carbocycles. The van der Waals surface area contributed by atoms with Crippen LogP contribution in [0.1, 0.15) is 13.3 Å². The van der Waals surface area contributed by atoms with Crippen molar-refractivity contribution in [3.8, 4) is 5.75 Å². The Balaban J connectivity index is 2.06. The molecule has 0 aliphatic carbocycles. The first-order chi connectivity index (χ1) is 10.5. The number of amides is 1. The number of halogens is 3. The zero-order valence-corrected chi connectivity index (χ0v) is 14.0. The number of benzene rings is 2. The average Bonchev–Trinajstić information content (AvgIpc) is 2.45. The predicted molar refractivity (Wildman–Crippen MR) is 91.3 cm³/mol. The van der Waals surface area contributed by atoms with Gasteiger partial charge in [0.25, 0.3) is 5.91 Å². The van der Waals surface area contributed by atoms with E-state index in [4.69, 9.17) is 39.5 Å². The van der Waals surface area contributed by atoms with Crippen LogP contribution in [0, 0.1) is 0 Å². The largest absolute Gasteiger partial charge is 0.481 e. The van der Waals surface area contributed by atoms with Crippen molar-refractivity contribution >= 4 is 46.4 Å². The molecule has 2 aromatic rings. The summed E-state index contributed by atoms with van der Waals surface area (Å²) in [6.45, 7) is 1.87. The standard InChI is InChI=1S/C16H14Cl3NO2/c1-2-15(22-14-5-3-10(17)4-6-14)16(21)20-13-8-11(18)7-12(19)9-13/h3-9,15H,2H2,1H3,(H,20,21)/t15-/m1/s1. The predicted octanol–water partition coefficient (Wildman–Crippen LogP) is 5.44. The van der Waals surface area contributed by atoms with Gasteiger partial charge in [-0.25, -0.2) is 0 Å². The van der Waals surface area contributed by atoms with E-state index in [2.05, 4.69) is 5.32 Å². The molecule has 1 amide bonds. The number of nitrogens with one attached hydrogen (secondary N) is 1. The number of anilines is 1. The van der Waals surface area contributed by atoms with Crippen LogP contribution in [-0.2, 0) is 4.79 Å². The van der Waals surface area contributed by atoms with E-state index in [1.165, 1.54) is 0 Å². The topological polar surface area (TPSA) is 38.3 Å². The van der Waals surface area contributed by atoms with Gasteiger partial charge in [-0.1, -0.05) is 41.7 Å². The van der Waals surface area contributed by atoms with Crippen LogP contribution >= 0.6 is 34.8 Å². The van der Waals surface area contributed by atoms with Gasteiger partial charge in [0.2, 0.25) is 0 Å². The molecule has 22 heavy (non-hydrogen) atoms. The Morgan fingerprint density at radius 1 is 1.05 bits per heavy atom. The van der Waals surface area contributed by atoms with Crippen LogP contribution in [0.3, 0.4) is 0 Å². The number of carbonyl (C=O) groups is 1. The van der Waals surface area contributed by atoms with Gasteiger partial charge in [0.15, 0.2) is 6.10 Å². The fourth-order valence-electron chi connectivity index (χ4n) is 1.85. The van der Waals surface area contributed by atoms with Crippen LogP contribution in [0.2, 0.25) is 15.1 Å². The van der Waals surface area contributed by atoms with Gasteiger partial charge in [-0.15, -0.1) is 0 Å². The van der Waals surface area contributed by atoms with Crippen LogP contribution in [0.4, 0.5) is 5.69 Å². The molecule has 6 heteroatoms. The Morgan fingerprint density at radius 2 is 1.64 bits per heavy atom. The lowest BCUT2D eigenvalue weighted by Crippen LogP contribution is -2.32. The van der Waals surface area contributed by atoms with Gasteiger partial charge < -0.3 is 10.1 Å². The van der Waals surface area contributed by atoms with Crippen molar-refractivity contribution in [1.29, 1.82) is 0 Å². The Hall–Kier alpha value is -1.42. The summed E-state index contributed by atoms with van der Waals surface area (Å²) in [6.07, 6.45) is -0.109. The molecular weight excluding hydrogens is 345 g/mol. The second kappa shape index (κ2) is 7.73. The van der Waals surface area contributed by atoms with Gasteiger partial charge in [-0.05, 0) is 48.9 Å². The highest BCUT2D eigenvalue weighted by Gasteiger charge is 2.18. The molecule has 0 radical (unpaired) electrons. The molecule has 0 bridgehead atoms. The van der Waals surface area contributed by atoms with E-state index in [9.17, 15) is 4.79 Å². The van der Waals surface area contributed by atoms with Gasteiger partial charge in [0.1, 0.15) is 5.75 Å². The second-order valence-electron chi connectivity index (χ2n) is 4.62. The van der Waals surface area contributed by atoms with Gasteiger partial charge in [0.05, 0.1) is 0 Å². The lowest BCUT2D eigenvalue weighted by Gasteiger charge is -2.17. The molecule has 0 aromatic heterocycles. The average molecular weight is 359 g/mol. The zero-order valence-electron chi connectivity index (χ0n) is 11.8. The molecule has 1 atom stereocenters. The number of hydrogen-bond donors (Lipinski definition) is 1. The Bertz CT molecular complexity index is 639. The third-order valence-corrected chi connectivity index (χ3v) is 3.57. The first kappa shape index (κ1) is 16.9. The smallest absolute Gasteiger partial charge is 0.265 e. The Kier molecular flexibility index (Phi) is 5.95. The lowest BCUT2D eigenvalue weighted by atomic mass is 10.2. The summed E-state index contributed by atoms with van der Waals surface area (Å²) >= 11 is 17.6. The molecule has 0 heterocycles. The van der Waals surface area contributed by atoms with E-state index in [-0.39, 0.29) is 5.91 Å². The fraction of sp³-hybridized carbons (Fsp3) is 0.188. The molecule has 0 fully saturated rings. The minimum atomic E-state index is -0.626. The summed E-state index contributed by atoms with van der Waals surface area (Å²) in [6, 6.07) is 11.7. The molecule has 2 aromatic carbocycles. The maximum atomic E-state index is 12.3. The minimum Gasteiger partial charge on any atom is -0.481 e. The van der Waals surface area contributed by atoms with E-state index >= 15 is 0 Å². The summed E-state index contributed by atoms with van der Waals surface area (Å²) < 4.78 is 5.68. The van der Waals surface area contributed by atoms with E-state index in [1.54, 1.807) is 42.5 Å². The van der Waals surface area contributed by atoms with Crippen LogP contribution in [-0.4, -0.2) is 12.0 Å². The number of hydrogen-bond acceptors (Lipinski definition) is 2. The highest BCUT2D eigenvalue weighted by atomic mass is 35.5. The van der Waals surface area contributed by atoms with E-state index < -0.39 is 6.10 Å². The molecule has 116 valence electrons. The van der Waals surface area contributed by atoms with E-state index in [1.807, 2.05) is 6.92 Å². The minimum absolute atomic E-state index is 0.268. The maximum Gasteiger partial charge on any atom is 0.265 e. The van der Waals surface area contributed by atoms with E-state index in [0.717, 1.165) is 0 Å². The number of carbonyl (C=O) groups excluding carboxylic acids is 1. The third kappa shape index (κ3) is 4.80. The SMILES string of the molecule is CC[C@@H](Oc1ccc(Cl)cc1)C(=O)Nc1cc(Cl)cc(Cl)c1. The summed E-state index contributed by atoms with van der Waals surface area (Å²) in [5.74, 6) is 0.311. The summed E-state index contributed by atoms with van der Waals surface area (Å²) in [5, 5.41) is 4.26. The maximum absolute atomic E-state index is 12.3. The molecular formula is C16H14Cl3NO2. The summed E-state index contributed by atoms with van der Waals surface area (Å²) in [5.41, 5.74) is 0.528. The normalized spacial score (nSPS) is 11.8. The zero-order chi connectivity index (χ0) is 16.1. The number of ether oxygens (including phenoxy) is 1. The Labute approximate surface area is 144 Å². The molecule has 1 N–H and O–H groups in total. The first-order valence-electron chi connectivity index (χ1n) is 6.67. The van der Waals surface area contributed by atoms with Gasteiger partial charge >= 0.3 is 0 Å². The van der Waals surface area contributed by atoms with Gasteiger partial charge in [0, 0.05) is 20.8 Å². The molecule has 0 aliphatic rings. The van der Waals surface area contributed by atoms with Crippen molar-refractivity contribution in [2.45, 2.75) is 19.4 Å². The van der Waals surface area contributed by atoms with Crippen molar-refractivity contribution in [3.63, 3.8) is 0 Å². The Morgan fingerprint density at radius 3 is 2.18 bits per heavy atom. The van der Waals surface area contributed by atoms with Crippen LogP contribution in [0.15, 0.2) is 42.5 Å². The molecule has 0 aliphatic heterocycles. The lowest BCUT2D eigenvalue weighted by molar-refractivity contribution is -0.122. The van der Waals surface area contributed by atoms with Crippen molar-refractivity contribution in [2.24, 2.45) is 0 Å². The second-order valence-corrected chi connectivity index (χ2v) is 5.93. The van der Waals surface area contributed by atoms with Crippen molar-refractivity contribution in [1.82, 2.24) is 0 Å². The van der Waals surface area contributed by atoms with Gasteiger partial charge in [-0.3, -0.25) is 4.79 Å². The van der Waals surface area contributed by atoms with Crippen molar-refractivity contribution in [3.05, 3.63) is 57.5 Å². The monoisotopic (exact) mass is 357 g/mol. The highest BCUT2D eigenvalue weighted by molar-refractivity contribution is 6.35. The molecule has 3 nitrogen and oxygen atoms in total. The molecule has 2 rings (SSSR count). The third-order valence-electron chi connectivity index (χ3n) is 2.89. The summed E-state index contributed by atoms with van der Waals surface area (Å²) in [7, 11) is 0. The summed E-state index contributed by atoms with van der Waals surface area (Å²) in [4.78, 5) is 12.3. The number of rotatable bonds is 5. The quantitative estimate of drug-likeness (QED) is 0.772. The van der Waals surface area contributed by atoms with Crippen LogP contribution in [0.25, 0.3) is 0 Å². The fourth-order valence-corrected chi connectivity index (χ4v) is 2.50. The van der Waals surface area contributed by atoms with Crippen LogP contribution < -0.4 is 10.1 Å². The molecule has 0 spiro atoms.